The first-order valence-corrected chi connectivity index (χ1v) is 15.1. The Hall–Kier alpha value is -3.18. The predicted molar refractivity (Wildman–Crippen MR) is 163 cm³/mol. The molecule has 0 aliphatic heterocycles. The number of aromatic nitrogens is 4. The molecule has 2 aromatic heterocycles. The van der Waals surface area contributed by atoms with Crippen molar-refractivity contribution in [3.8, 4) is 11.3 Å². The third-order valence-corrected chi connectivity index (χ3v) is 7.98. The van der Waals surface area contributed by atoms with Crippen LogP contribution in [-0.2, 0) is 11.3 Å². The molecular weight excluding hydrogens is 587 g/mol. The lowest BCUT2D eigenvalue weighted by Crippen LogP contribution is -2.32. The van der Waals surface area contributed by atoms with E-state index >= 15 is 0 Å². The van der Waals surface area contributed by atoms with E-state index in [4.69, 9.17) is 23.2 Å². The minimum absolute atomic E-state index is 0.108. The molecule has 4 aromatic rings. The molecule has 2 aromatic carbocycles. The van der Waals surface area contributed by atoms with E-state index in [1.165, 1.54) is 29.2 Å². The molecule has 1 atom stereocenters. The lowest BCUT2D eigenvalue weighted by Gasteiger charge is -2.21. The summed E-state index contributed by atoms with van der Waals surface area (Å²) in [5.41, 5.74) is 2.11. The average Bonchev–Trinajstić information content (AvgIpc) is 3.54. The molecule has 2 N–H and O–H groups in total. The second-order valence-corrected chi connectivity index (χ2v) is 11.9. The molecule has 0 spiro atoms. The number of carbonyl (C=O) groups is 2. The van der Waals surface area contributed by atoms with E-state index in [-0.39, 0.29) is 28.5 Å². The van der Waals surface area contributed by atoms with Crippen molar-refractivity contribution in [2.24, 2.45) is 5.92 Å². The van der Waals surface area contributed by atoms with Crippen molar-refractivity contribution < 1.29 is 9.59 Å². The molecule has 0 aliphatic rings. The highest BCUT2D eigenvalue weighted by Gasteiger charge is 2.25. The number of allylic oxidation sites excluding steroid dienone is 1. The zero-order valence-electron chi connectivity index (χ0n) is 21.9. The average molecular weight is 616 g/mol. The fourth-order valence-corrected chi connectivity index (χ4v) is 5.92. The van der Waals surface area contributed by atoms with Crippen LogP contribution in [0.4, 0.5) is 5.13 Å². The number of halogens is 2. The summed E-state index contributed by atoms with van der Waals surface area (Å²) >= 11 is 14.9. The first kappa shape index (κ1) is 29.8. The van der Waals surface area contributed by atoms with Crippen molar-refractivity contribution in [1.29, 1.82) is 0 Å². The van der Waals surface area contributed by atoms with Gasteiger partial charge < -0.3 is 15.2 Å². The highest BCUT2D eigenvalue weighted by atomic mass is 35.5. The molecule has 12 heteroatoms. The smallest absolute Gasteiger partial charge is 0.253 e. The van der Waals surface area contributed by atoms with E-state index in [1.807, 2.05) is 40.3 Å². The molecule has 40 heavy (non-hydrogen) atoms. The number of nitrogens with zero attached hydrogens (tertiary/aromatic N) is 4. The van der Waals surface area contributed by atoms with Gasteiger partial charge >= 0.3 is 0 Å². The van der Waals surface area contributed by atoms with Gasteiger partial charge in [0.2, 0.25) is 5.91 Å². The number of hydrogen-bond acceptors (Lipinski definition) is 7. The maximum absolute atomic E-state index is 13.1. The van der Waals surface area contributed by atoms with E-state index in [1.54, 1.807) is 18.2 Å². The lowest BCUT2D eigenvalue weighted by atomic mass is 10.0. The van der Waals surface area contributed by atoms with Crippen molar-refractivity contribution in [1.82, 2.24) is 25.1 Å². The molecular formula is C28H28Cl2N6O2S2. The first-order chi connectivity index (χ1) is 19.2. The Labute approximate surface area is 251 Å². The summed E-state index contributed by atoms with van der Waals surface area (Å²) in [6.45, 7) is 8.38. The zero-order valence-corrected chi connectivity index (χ0v) is 25.1. The topological polar surface area (TPSA) is 102 Å². The summed E-state index contributed by atoms with van der Waals surface area (Å²) in [6, 6.07) is 14.1. The Morgan fingerprint density at radius 1 is 1.15 bits per heavy atom. The van der Waals surface area contributed by atoms with Crippen LogP contribution in [0.15, 0.2) is 71.7 Å². The van der Waals surface area contributed by atoms with Gasteiger partial charge in [0.25, 0.3) is 5.91 Å². The number of anilines is 1. The number of thioether (sulfide) groups is 1. The van der Waals surface area contributed by atoms with Crippen molar-refractivity contribution in [2.45, 2.75) is 38.0 Å². The minimum atomic E-state index is -0.443. The number of thiazole rings is 1. The zero-order chi connectivity index (χ0) is 28.6. The van der Waals surface area contributed by atoms with E-state index in [0.717, 1.165) is 11.3 Å². The quantitative estimate of drug-likeness (QED) is 0.130. The van der Waals surface area contributed by atoms with Crippen LogP contribution in [0.1, 0.15) is 42.5 Å². The van der Waals surface area contributed by atoms with Gasteiger partial charge in [-0.3, -0.25) is 9.59 Å². The largest absolute Gasteiger partial charge is 0.342 e. The summed E-state index contributed by atoms with van der Waals surface area (Å²) in [4.78, 5) is 30.4. The predicted octanol–water partition coefficient (Wildman–Crippen LogP) is 7.14. The van der Waals surface area contributed by atoms with E-state index in [0.29, 0.717) is 39.7 Å². The molecule has 4 rings (SSSR count). The Bertz CT molecular complexity index is 1490. The summed E-state index contributed by atoms with van der Waals surface area (Å²) < 4.78 is 1.86. The Kier molecular flexibility index (Phi) is 10.4. The molecule has 0 aliphatic carbocycles. The van der Waals surface area contributed by atoms with Crippen LogP contribution in [0.5, 0.6) is 0 Å². The SMILES string of the molecule is C=CCn1c(SCC(=O)Nc2nc(-c3ccccc3)cs2)nnc1[C@H](CC(C)C)NC(=O)c1ccc(Cl)cc1Cl. The fraction of sp³-hybridized carbons (Fsp3) is 0.250. The van der Waals surface area contributed by atoms with Crippen molar-refractivity contribution in [2.75, 3.05) is 11.1 Å². The summed E-state index contributed by atoms with van der Waals surface area (Å²) in [5, 5.41) is 18.3. The van der Waals surface area contributed by atoms with Gasteiger partial charge in [0.1, 0.15) is 0 Å². The molecule has 0 saturated heterocycles. The molecule has 0 radical (unpaired) electrons. The van der Waals surface area contributed by atoms with Gasteiger partial charge in [0.15, 0.2) is 16.1 Å². The second-order valence-electron chi connectivity index (χ2n) is 9.26. The van der Waals surface area contributed by atoms with E-state index in [2.05, 4.69) is 46.2 Å². The Morgan fingerprint density at radius 3 is 2.62 bits per heavy atom. The third-order valence-electron chi connectivity index (χ3n) is 5.71. The van der Waals surface area contributed by atoms with Crippen LogP contribution in [0.2, 0.25) is 10.0 Å². The minimum Gasteiger partial charge on any atom is -0.342 e. The van der Waals surface area contributed by atoms with Crippen molar-refractivity contribution >= 4 is 63.2 Å². The maximum Gasteiger partial charge on any atom is 0.253 e. The molecule has 0 fully saturated rings. The highest BCUT2D eigenvalue weighted by molar-refractivity contribution is 7.99. The first-order valence-electron chi connectivity index (χ1n) is 12.5. The monoisotopic (exact) mass is 614 g/mol. The second kappa shape index (κ2) is 13.9. The maximum atomic E-state index is 13.1. The Morgan fingerprint density at radius 2 is 1.93 bits per heavy atom. The van der Waals surface area contributed by atoms with Crippen LogP contribution in [0.3, 0.4) is 0 Å². The van der Waals surface area contributed by atoms with Gasteiger partial charge in [0.05, 0.1) is 28.1 Å². The van der Waals surface area contributed by atoms with Gasteiger partial charge in [-0.25, -0.2) is 4.98 Å². The third kappa shape index (κ3) is 7.72. The van der Waals surface area contributed by atoms with Gasteiger partial charge in [0, 0.05) is 22.5 Å². The van der Waals surface area contributed by atoms with Gasteiger partial charge in [-0.2, -0.15) is 0 Å². The molecule has 0 saturated carbocycles. The summed E-state index contributed by atoms with van der Waals surface area (Å²) in [7, 11) is 0. The molecule has 8 nitrogen and oxygen atoms in total. The number of amides is 2. The summed E-state index contributed by atoms with van der Waals surface area (Å²) in [5.74, 6) is 0.380. The molecule has 2 heterocycles. The van der Waals surface area contributed by atoms with Crippen LogP contribution >= 0.6 is 46.3 Å². The standard InChI is InChI=1S/C28H28Cl2N6O2S2/c1-4-12-36-25(22(13-17(2)3)31-26(38)20-11-10-19(29)14-21(20)30)34-35-28(36)40-16-24(37)33-27-32-23(15-39-27)18-8-6-5-7-9-18/h4-11,14-15,17,22H,1,12-13,16H2,2-3H3,(H,31,38)(H,32,33,37)/t22-/m0/s1. The number of rotatable bonds is 12. The van der Waals surface area contributed by atoms with Crippen LogP contribution in [0, 0.1) is 5.92 Å². The number of benzene rings is 2. The molecule has 208 valence electrons. The van der Waals surface area contributed by atoms with Crippen molar-refractivity contribution in [3.05, 3.63) is 88.0 Å². The van der Waals surface area contributed by atoms with Gasteiger partial charge in [-0.15, -0.1) is 28.1 Å². The molecule has 0 bridgehead atoms. The number of hydrogen-bond donors (Lipinski definition) is 2. The summed E-state index contributed by atoms with van der Waals surface area (Å²) in [6.07, 6.45) is 2.34. The highest BCUT2D eigenvalue weighted by Crippen LogP contribution is 2.28. The van der Waals surface area contributed by atoms with Crippen molar-refractivity contribution in [3.63, 3.8) is 0 Å². The Balaban J connectivity index is 1.46. The van der Waals surface area contributed by atoms with E-state index < -0.39 is 6.04 Å². The lowest BCUT2D eigenvalue weighted by molar-refractivity contribution is -0.113. The van der Waals surface area contributed by atoms with Crippen LogP contribution in [-0.4, -0.2) is 37.3 Å². The fourth-order valence-electron chi connectivity index (χ4n) is 3.93. The van der Waals surface area contributed by atoms with E-state index in [9.17, 15) is 9.59 Å². The van der Waals surface area contributed by atoms with Crippen LogP contribution in [0.25, 0.3) is 11.3 Å². The molecule has 2 amide bonds. The molecule has 0 unspecified atom stereocenters. The van der Waals surface area contributed by atoms with Gasteiger partial charge in [-0.05, 0) is 30.5 Å². The van der Waals surface area contributed by atoms with Crippen LogP contribution < -0.4 is 10.6 Å². The number of nitrogens with one attached hydrogen (secondary N) is 2. The number of carbonyl (C=O) groups excluding carboxylic acids is 2. The van der Waals surface area contributed by atoms with Gasteiger partial charge in [-0.1, -0.05) is 85.2 Å². The normalized spacial score (nSPS) is 11.8.